The molecule has 168 valence electrons. The first-order chi connectivity index (χ1) is 15.1. The van der Waals surface area contributed by atoms with Gasteiger partial charge in [0.25, 0.3) is 5.91 Å². The number of amides is 4. The third-order valence-corrected chi connectivity index (χ3v) is 7.87. The summed E-state index contributed by atoms with van der Waals surface area (Å²) in [6.07, 6.45) is 0.297. The zero-order valence-electron chi connectivity index (χ0n) is 17.3. The largest absolute Gasteiger partial charge is 0.325 e. The molecular weight excluding hydrogens is 454 g/mol. The number of hydrogen-bond acceptors (Lipinski definition) is 5. The van der Waals surface area contributed by atoms with E-state index in [1.165, 1.54) is 4.90 Å². The van der Waals surface area contributed by atoms with Crippen LogP contribution in [0.4, 0.5) is 10.5 Å². The maximum absolute atomic E-state index is 13.3. The summed E-state index contributed by atoms with van der Waals surface area (Å²) in [5.41, 5.74) is -0.278. The quantitative estimate of drug-likeness (QED) is 0.668. The van der Waals surface area contributed by atoms with Crippen molar-refractivity contribution < 1.29 is 22.8 Å². The van der Waals surface area contributed by atoms with E-state index < -0.39 is 45.8 Å². The Hall–Kier alpha value is -2.91. The number of rotatable bonds is 5. The van der Waals surface area contributed by atoms with Crippen molar-refractivity contribution in [1.29, 1.82) is 0 Å². The summed E-state index contributed by atoms with van der Waals surface area (Å²) in [5.74, 6) is -1.25. The summed E-state index contributed by atoms with van der Waals surface area (Å²) in [5, 5.41) is 3.15. The number of urea groups is 1. The minimum absolute atomic E-state index is 0.00789. The number of carbonyl (C=O) groups is 3. The summed E-state index contributed by atoms with van der Waals surface area (Å²) >= 11 is 5.93. The minimum Gasteiger partial charge on any atom is -0.319 e. The molecule has 0 radical (unpaired) electrons. The minimum atomic E-state index is -3.25. The van der Waals surface area contributed by atoms with Crippen molar-refractivity contribution in [2.75, 3.05) is 23.0 Å². The Bertz CT molecular complexity index is 1170. The third-order valence-electron chi connectivity index (χ3n) is 5.87. The van der Waals surface area contributed by atoms with Crippen LogP contribution in [0.2, 0.25) is 5.02 Å². The average molecular weight is 476 g/mol. The van der Waals surface area contributed by atoms with Crippen molar-refractivity contribution in [3.8, 4) is 0 Å². The first-order valence-corrected chi connectivity index (χ1v) is 12.3. The Morgan fingerprint density at radius 1 is 1.16 bits per heavy atom. The molecule has 4 amide bonds. The van der Waals surface area contributed by atoms with Crippen LogP contribution in [0.25, 0.3) is 0 Å². The van der Waals surface area contributed by atoms with Gasteiger partial charge in [-0.2, -0.15) is 0 Å². The number of imide groups is 1. The fourth-order valence-electron chi connectivity index (χ4n) is 4.16. The Labute approximate surface area is 191 Å². The number of hydrogen-bond donors (Lipinski definition) is 1. The third kappa shape index (κ3) is 4.10. The van der Waals surface area contributed by atoms with E-state index in [9.17, 15) is 22.8 Å². The van der Waals surface area contributed by atoms with Crippen LogP contribution in [-0.2, 0) is 25.0 Å². The molecule has 2 heterocycles. The smallest absolute Gasteiger partial charge is 0.319 e. The van der Waals surface area contributed by atoms with Gasteiger partial charge >= 0.3 is 6.03 Å². The van der Waals surface area contributed by atoms with E-state index in [2.05, 4.69) is 5.32 Å². The molecule has 1 N–H and O–H groups in total. The van der Waals surface area contributed by atoms with E-state index in [0.717, 1.165) is 4.90 Å². The highest BCUT2D eigenvalue weighted by atomic mass is 35.5. The van der Waals surface area contributed by atoms with E-state index >= 15 is 0 Å². The average Bonchev–Trinajstić information content (AvgIpc) is 3.21. The van der Waals surface area contributed by atoms with Crippen molar-refractivity contribution in [3.05, 3.63) is 65.2 Å². The van der Waals surface area contributed by atoms with Crippen molar-refractivity contribution in [2.24, 2.45) is 0 Å². The van der Waals surface area contributed by atoms with Gasteiger partial charge in [-0.15, -0.1) is 0 Å². The molecule has 2 aromatic carbocycles. The van der Waals surface area contributed by atoms with E-state index in [1.54, 1.807) is 61.5 Å². The molecule has 10 heteroatoms. The lowest BCUT2D eigenvalue weighted by molar-refractivity contribution is -0.134. The lowest BCUT2D eigenvalue weighted by Gasteiger charge is -2.30. The zero-order valence-corrected chi connectivity index (χ0v) is 18.9. The molecular formula is C22H22ClN3O5S. The fourth-order valence-corrected chi connectivity index (χ4v) is 5.98. The summed E-state index contributed by atoms with van der Waals surface area (Å²) in [6, 6.07) is 13.9. The number of nitrogens with one attached hydrogen (secondary N) is 1. The van der Waals surface area contributed by atoms with Gasteiger partial charge in [-0.05, 0) is 43.2 Å². The van der Waals surface area contributed by atoms with Gasteiger partial charge in [0, 0.05) is 10.7 Å². The number of halogens is 1. The lowest BCUT2D eigenvalue weighted by atomic mass is 9.92. The molecule has 0 spiro atoms. The van der Waals surface area contributed by atoms with Gasteiger partial charge in [-0.25, -0.2) is 13.2 Å². The maximum Gasteiger partial charge on any atom is 0.325 e. The van der Waals surface area contributed by atoms with Gasteiger partial charge < -0.3 is 10.2 Å². The number of carbonyl (C=O) groups excluding carboxylic acids is 3. The Morgan fingerprint density at radius 2 is 1.81 bits per heavy atom. The molecule has 0 bridgehead atoms. The maximum atomic E-state index is 13.3. The van der Waals surface area contributed by atoms with E-state index in [0.29, 0.717) is 22.7 Å². The van der Waals surface area contributed by atoms with Crippen LogP contribution in [0.5, 0.6) is 0 Å². The standard InChI is InChI=1S/C22H22ClN3O5S/c1-22(15-7-9-16(23)10-8-15)20(28)25(21(29)24-22)13-19(27)26(17-5-3-2-4-6-17)18-11-12-32(30,31)14-18/h2-10,18H,11-14H2,1H3,(H,24,29)/t18-,22+/m0/s1. The van der Waals surface area contributed by atoms with Crippen LogP contribution in [-0.4, -0.2) is 55.3 Å². The number of benzene rings is 2. The molecule has 2 atom stereocenters. The predicted octanol–water partition coefficient (Wildman–Crippen LogP) is 2.33. The highest BCUT2D eigenvalue weighted by molar-refractivity contribution is 7.91. The zero-order chi connectivity index (χ0) is 23.1. The second-order valence-electron chi connectivity index (χ2n) is 8.11. The van der Waals surface area contributed by atoms with E-state index in [4.69, 9.17) is 11.6 Å². The summed E-state index contributed by atoms with van der Waals surface area (Å²) in [6.45, 7) is 1.07. The van der Waals surface area contributed by atoms with Gasteiger partial charge in [-0.3, -0.25) is 14.5 Å². The first-order valence-electron chi connectivity index (χ1n) is 10.1. The highest BCUT2D eigenvalue weighted by Crippen LogP contribution is 2.30. The molecule has 2 aliphatic rings. The second-order valence-corrected chi connectivity index (χ2v) is 10.8. The highest BCUT2D eigenvalue weighted by Gasteiger charge is 2.50. The predicted molar refractivity (Wildman–Crippen MR) is 120 cm³/mol. The molecule has 2 aliphatic heterocycles. The van der Waals surface area contributed by atoms with Crippen molar-refractivity contribution in [2.45, 2.75) is 24.9 Å². The number of anilines is 1. The van der Waals surface area contributed by atoms with E-state index in [1.807, 2.05) is 0 Å². The number of nitrogens with zero attached hydrogens (tertiary/aromatic N) is 2. The van der Waals surface area contributed by atoms with Gasteiger partial charge in [0.2, 0.25) is 5.91 Å². The van der Waals surface area contributed by atoms with Crippen molar-refractivity contribution in [3.63, 3.8) is 0 Å². The van der Waals surface area contributed by atoms with Crippen LogP contribution < -0.4 is 10.2 Å². The summed E-state index contributed by atoms with van der Waals surface area (Å²) < 4.78 is 24.1. The molecule has 2 saturated heterocycles. The molecule has 0 aliphatic carbocycles. The normalized spacial score (nSPS) is 24.4. The van der Waals surface area contributed by atoms with Crippen LogP contribution in [0, 0.1) is 0 Å². The molecule has 2 fully saturated rings. The monoisotopic (exact) mass is 475 g/mol. The van der Waals surface area contributed by atoms with Crippen molar-refractivity contribution >= 4 is 45.0 Å². The lowest BCUT2D eigenvalue weighted by Crippen LogP contribution is -2.48. The topological polar surface area (TPSA) is 104 Å². The van der Waals surface area contributed by atoms with Crippen LogP contribution in [0.15, 0.2) is 54.6 Å². The molecule has 32 heavy (non-hydrogen) atoms. The van der Waals surface area contributed by atoms with E-state index in [-0.39, 0.29) is 11.5 Å². The second kappa shape index (κ2) is 8.22. The molecule has 2 aromatic rings. The van der Waals surface area contributed by atoms with Gasteiger partial charge in [0.1, 0.15) is 12.1 Å². The molecule has 0 aromatic heterocycles. The first kappa shape index (κ1) is 22.3. The SMILES string of the molecule is C[C@]1(c2ccc(Cl)cc2)NC(=O)N(CC(=O)N(c2ccccc2)[C@H]2CCS(=O)(=O)C2)C1=O. The molecule has 8 nitrogen and oxygen atoms in total. The van der Waals surface area contributed by atoms with Gasteiger partial charge in [0.15, 0.2) is 9.84 Å². The van der Waals surface area contributed by atoms with Crippen LogP contribution in [0.1, 0.15) is 18.9 Å². The van der Waals surface area contributed by atoms with Gasteiger partial charge in [0.05, 0.1) is 17.5 Å². The van der Waals surface area contributed by atoms with Crippen LogP contribution in [0.3, 0.4) is 0 Å². The molecule has 4 rings (SSSR count). The number of sulfone groups is 1. The fraction of sp³-hybridized carbons (Fsp3) is 0.318. The van der Waals surface area contributed by atoms with Gasteiger partial charge in [-0.1, -0.05) is 41.9 Å². The van der Waals surface area contributed by atoms with Crippen molar-refractivity contribution in [1.82, 2.24) is 10.2 Å². The Kier molecular flexibility index (Phi) is 5.72. The summed E-state index contributed by atoms with van der Waals surface area (Å²) in [4.78, 5) is 41.4. The van der Waals surface area contributed by atoms with Crippen LogP contribution >= 0.6 is 11.6 Å². The molecule has 0 saturated carbocycles. The Morgan fingerprint density at radius 3 is 2.41 bits per heavy atom. The Balaban J connectivity index is 1.60. The summed E-state index contributed by atoms with van der Waals surface area (Å²) in [7, 11) is -3.25. The number of para-hydroxylation sites is 1. The molecule has 0 unspecified atom stereocenters.